The number of aryl methyl sites for hydroxylation is 1. The van der Waals surface area contributed by atoms with Gasteiger partial charge in [-0.25, -0.2) is 4.98 Å². The Bertz CT molecular complexity index is 485. The lowest BCUT2D eigenvalue weighted by Gasteiger charge is -2.04. The minimum Gasteiger partial charge on any atom is -0.463 e. The predicted molar refractivity (Wildman–Crippen MR) is 64.2 cm³/mol. The number of hydrogen-bond donors (Lipinski definition) is 1. The maximum atomic E-state index is 6.15. The first kappa shape index (κ1) is 10.1. The van der Waals surface area contributed by atoms with Crippen LogP contribution in [-0.4, -0.2) is 4.98 Å². The Morgan fingerprint density at radius 1 is 1.56 bits per heavy atom. The molecular weight excluding hydrogens is 220 g/mol. The monoisotopic (exact) mass is 234 g/mol. The van der Waals surface area contributed by atoms with Gasteiger partial charge in [-0.15, -0.1) is 11.3 Å². The Morgan fingerprint density at radius 3 is 3.00 bits per heavy atom. The van der Waals surface area contributed by atoms with Crippen molar-refractivity contribution in [3.8, 4) is 11.5 Å². The summed E-state index contributed by atoms with van der Waals surface area (Å²) in [6, 6.07) is 3.94. The molecule has 2 N–H and O–H groups in total. The van der Waals surface area contributed by atoms with E-state index in [0.29, 0.717) is 5.92 Å². The van der Waals surface area contributed by atoms with Crippen molar-refractivity contribution in [2.75, 3.05) is 0 Å². The smallest absolute Gasteiger partial charge is 0.153 e. The summed E-state index contributed by atoms with van der Waals surface area (Å²) < 4.78 is 5.37. The highest BCUT2D eigenvalue weighted by atomic mass is 32.1. The lowest BCUT2D eigenvalue weighted by Crippen LogP contribution is -2.11. The van der Waals surface area contributed by atoms with Gasteiger partial charge in [0.05, 0.1) is 12.3 Å². The summed E-state index contributed by atoms with van der Waals surface area (Å²) >= 11 is 1.69. The molecule has 1 atom stereocenters. The molecule has 2 heterocycles. The Morgan fingerprint density at radius 2 is 2.38 bits per heavy atom. The quantitative estimate of drug-likeness (QED) is 0.887. The van der Waals surface area contributed by atoms with E-state index in [1.54, 1.807) is 17.6 Å². The second-order valence-electron chi connectivity index (χ2n) is 4.30. The first-order valence-electron chi connectivity index (χ1n) is 5.52. The fourth-order valence-corrected chi connectivity index (χ4v) is 2.88. The van der Waals surface area contributed by atoms with Gasteiger partial charge in [0.25, 0.3) is 0 Å². The largest absolute Gasteiger partial charge is 0.463 e. The molecule has 0 bridgehead atoms. The summed E-state index contributed by atoms with van der Waals surface area (Å²) in [7, 11) is 0. The van der Waals surface area contributed by atoms with Gasteiger partial charge in [0.1, 0.15) is 10.7 Å². The van der Waals surface area contributed by atoms with Crippen molar-refractivity contribution in [1.82, 2.24) is 4.98 Å². The van der Waals surface area contributed by atoms with Crippen LogP contribution in [0.1, 0.15) is 28.8 Å². The molecule has 84 valence electrons. The molecule has 0 spiro atoms. The van der Waals surface area contributed by atoms with Crippen LogP contribution in [-0.2, 0) is 0 Å². The molecule has 3 nitrogen and oxygen atoms in total. The van der Waals surface area contributed by atoms with Crippen molar-refractivity contribution in [2.24, 2.45) is 11.7 Å². The van der Waals surface area contributed by atoms with Crippen LogP contribution in [0.25, 0.3) is 11.5 Å². The molecule has 1 unspecified atom stereocenters. The highest BCUT2D eigenvalue weighted by molar-refractivity contribution is 7.12. The summed E-state index contributed by atoms with van der Waals surface area (Å²) in [6.07, 6.45) is 4.17. The maximum Gasteiger partial charge on any atom is 0.153 e. The highest BCUT2D eigenvalue weighted by Crippen LogP contribution is 2.42. The lowest BCUT2D eigenvalue weighted by atomic mass is 10.2. The zero-order valence-corrected chi connectivity index (χ0v) is 9.96. The van der Waals surface area contributed by atoms with Gasteiger partial charge in [0.2, 0.25) is 0 Å². The molecule has 1 saturated carbocycles. The van der Waals surface area contributed by atoms with E-state index in [-0.39, 0.29) is 6.04 Å². The third kappa shape index (κ3) is 1.68. The molecule has 2 aromatic heterocycles. The molecule has 0 aromatic carbocycles. The Balaban J connectivity index is 1.95. The van der Waals surface area contributed by atoms with Crippen LogP contribution in [0.2, 0.25) is 0 Å². The van der Waals surface area contributed by atoms with Gasteiger partial charge in [-0.05, 0) is 37.8 Å². The minimum absolute atomic E-state index is 0.118. The third-order valence-electron chi connectivity index (χ3n) is 2.98. The number of nitrogens with zero attached hydrogens (tertiary/aromatic N) is 1. The van der Waals surface area contributed by atoms with Crippen molar-refractivity contribution in [1.29, 1.82) is 0 Å². The van der Waals surface area contributed by atoms with E-state index < -0.39 is 0 Å². The van der Waals surface area contributed by atoms with Crippen LogP contribution >= 0.6 is 11.3 Å². The summed E-state index contributed by atoms with van der Waals surface area (Å²) in [4.78, 5) is 5.79. The molecule has 1 fully saturated rings. The van der Waals surface area contributed by atoms with Gasteiger partial charge >= 0.3 is 0 Å². The highest BCUT2D eigenvalue weighted by Gasteiger charge is 2.32. The van der Waals surface area contributed by atoms with Crippen LogP contribution in [0.4, 0.5) is 0 Å². The molecule has 0 radical (unpaired) electrons. The molecule has 1 aliphatic carbocycles. The molecule has 1 aliphatic rings. The van der Waals surface area contributed by atoms with E-state index >= 15 is 0 Å². The van der Waals surface area contributed by atoms with E-state index in [1.807, 2.05) is 12.1 Å². The Hall–Kier alpha value is -1.13. The molecule has 3 rings (SSSR count). The number of thiazole rings is 1. The number of hydrogen-bond acceptors (Lipinski definition) is 4. The average molecular weight is 234 g/mol. The van der Waals surface area contributed by atoms with E-state index in [1.165, 1.54) is 17.7 Å². The van der Waals surface area contributed by atoms with Crippen LogP contribution in [0.15, 0.2) is 22.8 Å². The molecule has 16 heavy (non-hydrogen) atoms. The molecule has 0 amide bonds. The van der Waals surface area contributed by atoms with Crippen molar-refractivity contribution >= 4 is 11.3 Å². The van der Waals surface area contributed by atoms with E-state index in [0.717, 1.165) is 16.5 Å². The fraction of sp³-hybridized carbons (Fsp3) is 0.417. The number of furan rings is 1. The van der Waals surface area contributed by atoms with Gasteiger partial charge in [-0.1, -0.05) is 0 Å². The van der Waals surface area contributed by atoms with Gasteiger partial charge in [0, 0.05) is 4.88 Å². The second-order valence-corrected chi connectivity index (χ2v) is 5.53. The SMILES string of the molecule is Cc1sc(C(N)C2CC2)nc1-c1ccco1. The van der Waals surface area contributed by atoms with E-state index in [2.05, 4.69) is 11.9 Å². The van der Waals surface area contributed by atoms with E-state index in [9.17, 15) is 0 Å². The molecular formula is C12H14N2OS. The van der Waals surface area contributed by atoms with Crippen molar-refractivity contribution in [2.45, 2.75) is 25.8 Å². The van der Waals surface area contributed by atoms with Crippen molar-refractivity contribution in [3.05, 3.63) is 28.3 Å². The fourth-order valence-electron chi connectivity index (χ4n) is 1.86. The van der Waals surface area contributed by atoms with Crippen LogP contribution in [0.3, 0.4) is 0 Å². The van der Waals surface area contributed by atoms with Gasteiger partial charge in [-0.3, -0.25) is 0 Å². The summed E-state index contributed by atoms with van der Waals surface area (Å²) in [5.74, 6) is 1.48. The average Bonchev–Trinajstić information content (AvgIpc) is 2.84. The molecule has 2 aromatic rings. The van der Waals surface area contributed by atoms with Gasteiger partial charge in [-0.2, -0.15) is 0 Å². The minimum atomic E-state index is 0.118. The van der Waals surface area contributed by atoms with Crippen LogP contribution in [0.5, 0.6) is 0 Å². The van der Waals surface area contributed by atoms with Gasteiger partial charge in [0.15, 0.2) is 5.76 Å². The number of rotatable bonds is 3. The normalized spacial score (nSPS) is 17.6. The van der Waals surface area contributed by atoms with Gasteiger partial charge < -0.3 is 10.2 Å². The lowest BCUT2D eigenvalue weighted by molar-refractivity contribution is 0.578. The summed E-state index contributed by atoms with van der Waals surface area (Å²) in [6.45, 7) is 2.07. The predicted octanol–water partition coefficient (Wildman–Crippen LogP) is 3.12. The van der Waals surface area contributed by atoms with Crippen molar-refractivity contribution in [3.63, 3.8) is 0 Å². The van der Waals surface area contributed by atoms with Crippen molar-refractivity contribution < 1.29 is 4.42 Å². The first-order chi connectivity index (χ1) is 7.75. The zero-order valence-electron chi connectivity index (χ0n) is 9.14. The summed E-state index contributed by atoms with van der Waals surface area (Å²) in [5.41, 5.74) is 7.10. The maximum absolute atomic E-state index is 6.15. The number of nitrogens with two attached hydrogens (primary N) is 1. The second kappa shape index (κ2) is 3.71. The zero-order chi connectivity index (χ0) is 11.1. The van der Waals surface area contributed by atoms with Crippen LogP contribution in [0, 0.1) is 12.8 Å². The topological polar surface area (TPSA) is 52.0 Å². The third-order valence-corrected chi connectivity index (χ3v) is 4.05. The Kier molecular flexibility index (Phi) is 2.33. The van der Waals surface area contributed by atoms with Crippen LogP contribution < -0.4 is 5.73 Å². The molecule has 4 heteroatoms. The standard InChI is InChI=1S/C12H14N2OS/c1-7-11(9-3-2-6-15-9)14-12(16-7)10(13)8-4-5-8/h2-3,6,8,10H,4-5,13H2,1H3. The summed E-state index contributed by atoms with van der Waals surface area (Å²) in [5, 5.41) is 1.05. The molecule has 0 aliphatic heterocycles. The number of aromatic nitrogens is 1. The Labute approximate surface area is 98.3 Å². The molecule has 0 saturated heterocycles. The van der Waals surface area contributed by atoms with E-state index in [4.69, 9.17) is 10.2 Å². The first-order valence-corrected chi connectivity index (χ1v) is 6.34.